The van der Waals surface area contributed by atoms with Crippen molar-refractivity contribution < 1.29 is 9.53 Å². The van der Waals surface area contributed by atoms with Crippen LogP contribution in [-0.4, -0.2) is 13.0 Å². The van der Waals surface area contributed by atoms with Crippen LogP contribution in [0.5, 0.6) is 5.75 Å². The number of aryl methyl sites for hydroxylation is 2. The van der Waals surface area contributed by atoms with E-state index in [9.17, 15) is 10.1 Å². The molecule has 1 aliphatic rings. The first-order valence-electron chi connectivity index (χ1n) is 8.10. The van der Waals surface area contributed by atoms with Crippen LogP contribution < -0.4 is 10.1 Å². The van der Waals surface area contributed by atoms with Crippen molar-refractivity contribution in [3.8, 4) is 11.8 Å². The van der Waals surface area contributed by atoms with Gasteiger partial charge in [-0.25, -0.2) is 0 Å². The molecule has 24 heavy (non-hydrogen) atoms. The van der Waals surface area contributed by atoms with E-state index in [1.807, 2.05) is 25.1 Å². The largest absolute Gasteiger partial charge is 0.496 e. The van der Waals surface area contributed by atoms with Gasteiger partial charge in [-0.3, -0.25) is 4.79 Å². The number of thiophene rings is 1. The maximum absolute atomic E-state index is 12.4. The summed E-state index contributed by atoms with van der Waals surface area (Å²) in [5, 5.41) is 13.1. The zero-order chi connectivity index (χ0) is 17.1. The van der Waals surface area contributed by atoms with Crippen LogP contribution in [0.1, 0.15) is 40.0 Å². The van der Waals surface area contributed by atoms with Gasteiger partial charge in [0.25, 0.3) is 0 Å². The van der Waals surface area contributed by atoms with Crippen LogP contribution in [0.3, 0.4) is 0 Å². The molecule has 1 aromatic carbocycles. The lowest BCUT2D eigenvalue weighted by Crippen LogP contribution is -2.14. The van der Waals surface area contributed by atoms with Gasteiger partial charge in [-0.15, -0.1) is 11.3 Å². The van der Waals surface area contributed by atoms with E-state index in [1.165, 1.54) is 4.88 Å². The van der Waals surface area contributed by atoms with E-state index in [0.29, 0.717) is 10.6 Å². The van der Waals surface area contributed by atoms with Crippen molar-refractivity contribution in [2.75, 3.05) is 12.4 Å². The monoisotopic (exact) mass is 340 g/mol. The van der Waals surface area contributed by atoms with Crippen LogP contribution in [0.15, 0.2) is 18.2 Å². The van der Waals surface area contributed by atoms with Gasteiger partial charge in [-0.2, -0.15) is 5.26 Å². The molecule has 5 heteroatoms. The first kappa shape index (κ1) is 16.5. The van der Waals surface area contributed by atoms with Crippen LogP contribution in [0, 0.1) is 18.3 Å². The number of benzene rings is 1. The zero-order valence-electron chi connectivity index (χ0n) is 13.9. The smallest absolute Gasteiger partial charge is 0.229 e. The number of methoxy groups -OCH3 is 1. The molecule has 4 nitrogen and oxygen atoms in total. The summed E-state index contributed by atoms with van der Waals surface area (Å²) in [6, 6.07) is 8.01. The Balaban J connectivity index is 1.75. The van der Waals surface area contributed by atoms with Crippen LogP contribution in [-0.2, 0) is 24.1 Å². The van der Waals surface area contributed by atoms with Crippen molar-refractivity contribution in [2.45, 2.75) is 39.0 Å². The summed E-state index contributed by atoms with van der Waals surface area (Å²) in [7, 11) is 1.64. The fourth-order valence-corrected chi connectivity index (χ4v) is 4.43. The third-order valence-corrected chi connectivity index (χ3v) is 5.57. The van der Waals surface area contributed by atoms with Crippen LogP contribution in [0.4, 0.5) is 5.00 Å². The molecule has 0 unspecified atom stereocenters. The van der Waals surface area contributed by atoms with Gasteiger partial charge >= 0.3 is 0 Å². The highest BCUT2D eigenvalue weighted by Crippen LogP contribution is 2.37. The van der Waals surface area contributed by atoms with Gasteiger partial charge in [-0.05, 0) is 55.4 Å². The molecular weight excluding hydrogens is 320 g/mol. The highest BCUT2D eigenvalue weighted by molar-refractivity contribution is 7.16. The predicted octanol–water partition coefficient (Wildman–Crippen LogP) is 4.00. The topological polar surface area (TPSA) is 62.1 Å². The van der Waals surface area contributed by atoms with Crippen molar-refractivity contribution in [2.24, 2.45) is 0 Å². The maximum Gasteiger partial charge on any atom is 0.229 e. The van der Waals surface area contributed by atoms with Gasteiger partial charge in [0, 0.05) is 4.88 Å². The molecule has 2 aromatic rings. The van der Waals surface area contributed by atoms with E-state index in [0.717, 1.165) is 48.1 Å². The molecule has 0 spiro atoms. The number of fused-ring (bicyclic) bond motifs is 1. The molecular formula is C19H20N2O2S. The molecule has 124 valence electrons. The van der Waals surface area contributed by atoms with Crippen LogP contribution in [0.2, 0.25) is 0 Å². The molecule has 0 radical (unpaired) electrons. The fraction of sp³-hybridized carbons (Fsp3) is 0.368. The second kappa shape index (κ2) is 7.06. The van der Waals surface area contributed by atoms with Crippen molar-refractivity contribution in [1.29, 1.82) is 5.26 Å². The second-order valence-corrected chi connectivity index (χ2v) is 7.16. The number of rotatable bonds is 4. The number of nitriles is 1. The Labute approximate surface area is 146 Å². The van der Waals surface area contributed by atoms with Crippen molar-refractivity contribution in [1.82, 2.24) is 0 Å². The van der Waals surface area contributed by atoms with E-state index in [4.69, 9.17) is 4.74 Å². The van der Waals surface area contributed by atoms with E-state index in [2.05, 4.69) is 11.4 Å². The number of anilines is 1. The fourth-order valence-electron chi connectivity index (χ4n) is 3.18. The van der Waals surface area contributed by atoms with E-state index < -0.39 is 0 Å². The number of hydrogen-bond donors (Lipinski definition) is 1. The molecule has 1 N–H and O–H groups in total. The minimum atomic E-state index is -0.0883. The van der Waals surface area contributed by atoms with Crippen LogP contribution >= 0.6 is 11.3 Å². The minimum Gasteiger partial charge on any atom is -0.496 e. The van der Waals surface area contributed by atoms with Crippen molar-refractivity contribution >= 4 is 22.2 Å². The molecule has 1 heterocycles. The van der Waals surface area contributed by atoms with Crippen molar-refractivity contribution in [3.63, 3.8) is 0 Å². The summed E-state index contributed by atoms with van der Waals surface area (Å²) < 4.78 is 5.24. The molecule has 0 aliphatic heterocycles. The number of carbonyl (C=O) groups is 1. The molecule has 0 atom stereocenters. The van der Waals surface area contributed by atoms with Gasteiger partial charge in [0.1, 0.15) is 16.8 Å². The predicted molar refractivity (Wildman–Crippen MR) is 95.7 cm³/mol. The maximum atomic E-state index is 12.4. The number of amides is 1. The molecule has 0 fully saturated rings. The standard InChI is InChI=1S/C19H20N2O2S/c1-12-9-13(7-8-16(12)23-2)10-18(22)21-19-15(11-20)14-5-3-4-6-17(14)24-19/h7-9H,3-6,10H2,1-2H3,(H,21,22). The SMILES string of the molecule is COc1ccc(CC(=O)Nc2sc3c(c2C#N)CCCC3)cc1C. The van der Waals surface area contributed by atoms with Crippen LogP contribution in [0.25, 0.3) is 0 Å². The highest BCUT2D eigenvalue weighted by Gasteiger charge is 2.21. The molecule has 3 rings (SSSR count). The quantitative estimate of drug-likeness (QED) is 0.915. The molecule has 0 saturated carbocycles. The summed E-state index contributed by atoms with van der Waals surface area (Å²) in [5.41, 5.74) is 3.75. The molecule has 1 amide bonds. The lowest BCUT2D eigenvalue weighted by molar-refractivity contribution is -0.115. The van der Waals surface area contributed by atoms with E-state index >= 15 is 0 Å². The summed E-state index contributed by atoms with van der Waals surface area (Å²) in [5.74, 6) is 0.728. The Hall–Kier alpha value is -2.32. The van der Waals surface area contributed by atoms with Gasteiger partial charge < -0.3 is 10.1 Å². The first-order valence-corrected chi connectivity index (χ1v) is 8.92. The summed E-state index contributed by atoms with van der Waals surface area (Å²) in [4.78, 5) is 13.6. The van der Waals surface area contributed by atoms with Gasteiger partial charge in [0.15, 0.2) is 0 Å². The molecule has 1 aromatic heterocycles. The summed E-state index contributed by atoms with van der Waals surface area (Å²) in [6.07, 6.45) is 4.54. The zero-order valence-corrected chi connectivity index (χ0v) is 14.8. The van der Waals surface area contributed by atoms with Gasteiger partial charge in [0.05, 0.1) is 19.1 Å². The average molecular weight is 340 g/mol. The number of ether oxygens (including phenoxy) is 1. The number of hydrogen-bond acceptors (Lipinski definition) is 4. The Kier molecular flexibility index (Phi) is 4.86. The molecule has 1 aliphatic carbocycles. The summed E-state index contributed by atoms with van der Waals surface area (Å²) in [6.45, 7) is 1.96. The third-order valence-electron chi connectivity index (χ3n) is 4.36. The normalized spacial score (nSPS) is 13.0. The Bertz CT molecular complexity index is 818. The minimum absolute atomic E-state index is 0.0883. The molecule has 0 bridgehead atoms. The number of carbonyl (C=O) groups excluding carboxylic acids is 1. The molecule has 0 saturated heterocycles. The van der Waals surface area contributed by atoms with Gasteiger partial charge in [0.2, 0.25) is 5.91 Å². The lowest BCUT2D eigenvalue weighted by atomic mass is 9.96. The van der Waals surface area contributed by atoms with E-state index in [-0.39, 0.29) is 12.3 Å². The third kappa shape index (κ3) is 3.29. The second-order valence-electron chi connectivity index (χ2n) is 6.06. The van der Waals surface area contributed by atoms with Crippen molar-refractivity contribution in [3.05, 3.63) is 45.3 Å². The Morgan fingerprint density at radius 3 is 2.88 bits per heavy atom. The Morgan fingerprint density at radius 1 is 1.38 bits per heavy atom. The lowest BCUT2D eigenvalue weighted by Gasteiger charge is -2.09. The summed E-state index contributed by atoms with van der Waals surface area (Å²) >= 11 is 1.56. The van der Waals surface area contributed by atoms with E-state index in [1.54, 1.807) is 18.4 Å². The number of nitrogens with zero attached hydrogens (tertiary/aromatic N) is 1. The Morgan fingerprint density at radius 2 is 2.17 bits per heavy atom. The first-order chi connectivity index (χ1) is 11.6. The highest BCUT2D eigenvalue weighted by atomic mass is 32.1. The number of nitrogens with one attached hydrogen (secondary N) is 1. The van der Waals surface area contributed by atoms with Gasteiger partial charge in [-0.1, -0.05) is 12.1 Å². The average Bonchev–Trinajstić information content (AvgIpc) is 2.91.